The lowest BCUT2D eigenvalue weighted by Gasteiger charge is -2.39. The molecule has 1 unspecified atom stereocenters. The normalized spacial score (nSPS) is 23.1. The van der Waals surface area contributed by atoms with E-state index in [1.54, 1.807) is 0 Å². The first-order chi connectivity index (χ1) is 13.9. The van der Waals surface area contributed by atoms with Crippen molar-refractivity contribution in [3.8, 4) is 0 Å². The number of H-pyrrole nitrogens is 1. The fourth-order valence-electron chi connectivity index (χ4n) is 3.22. The van der Waals surface area contributed by atoms with Gasteiger partial charge in [-0.3, -0.25) is 10.8 Å². The van der Waals surface area contributed by atoms with Crippen molar-refractivity contribution in [2.45, 2.75) is 25.6 Å². The van der Waals surface area contributed by atoms with Crippen LogP contribution >= 0.6 is 0 Å². The van der Waals surface area contributed by atoms with Gasteiger partial charge >= 0.3 is 0 Å². The number of aryl methyl sites for hydroxylation is 1. The zero-order chi connectivity index (χ0) is 20.4. The maximum absolute atomic E-state index is 13.3. The summed E-state index contributed by atoms with van der Waals surface area (Å²) in [6.07, 6.45) is 4.14. The molecule has 10 nitrogen and oxygen atoms in total. The molecule has 29 heavy (non-hydrogen) atoms. The van der Waals surface area contributed by atoms with E-state index in [0.29, 0.717) is 43.8 Å². The minimum Gasteiger partial charge on any atom is -0.378 e. The summed E-state index contributed by atoms with van der Waals surface area (Å²) in [4.78, 5) is 15.0. The van der Waals surface area contributed by atoms with E-state index in [2.05, 4.69) is 35.7 Å². The quantitative estimate of drug-likeness (QED) is 0.588. The van der Waals surface area contributed by atoms with Crippen molar-refractivity contribution in [1.29, 1.82) is 0 Å². The monoisotopic (exact) mass is 401 g/mol. The van der Waals surface area contributed by atoms with E-state index in [9.17, 15) is 4.39 Å². The van der Waals surface area contributed by atoms with Gasteiger partial charge in [0.25, 0.3) is 0 Å². The molecule has 4 rings (SSSR count). The van der Waals surface area contributed by atoms with Crippen molar-refractivity contribution in [2.24, 2.45) is 10.7 Å². The van der Waals surface area contributed by atoms with E-state index in [-0.39, 0.29) is 0 Å². The number of rotatable bonds is 4. The summed E-state index contributed by atoms with van der Waals surface area (Å²) >= 11 is 0. The largest absolute Gasteiger partial charge is 0.378 e. The second-order valence-corrected chi connectivity index (χ2v) is 7.12. The number of aliphatic imine (C=N–C) groups is 1. The molecule has 154 valence electrons. The molecule has 2 aromatic rings. The topological polar surface area (TPSA) is 129 Å². The highest BCUT2D eigenvalue weighted by molar-refractivity contribution is 5.95. The van der Waals surface area contributed by atoms with Gasteiger partial charge in [0.15, 0.2) is 17.4 Å². The van der Waals surface area contributed by atoms with Gasteiger partial charge in [0.1, 0.15) is 17.5 Å². The van der Waals surface area contributed by atoms with Gasteiger partial charge in [0, 0.05) is 30.9 Å². The van der Waals surface area contributed by atoms with Gasteiger partial charge in [-0.15, -0.1) is 0 Å². The minimum absolute atomic E-state index is 0.392. The second kappa shape index (κ2) is 7.76. The number of nitrogens with two attached hydrogens (primary N) is 1. The lowest BCUT2D eigenvalue weighted by Crippen LogP contribution is -2.60. The molecule has 4 heterocycles. The summed E-state index contributed by atoms with van der Waals surface area (Å²) in [6, 6.07) is 1.88. The first-order valence-electron chi connectivity index (χ1n) is 9.41. The highest BCUT2D eigenvalue weighted by atomic mass is 19.1. The van der Waals surface area contributed by atoms with Crippen molar-refractivity contribution >= 4 is 11.7 Å². The molecule has 0 saturated carbocycles. The molecule has 1 saturated heterocycles. The molecule has 2 aliphatic heterocycles. The van der Waals surface area contributed by atoms with Crippen molar-refractivity contribution in [3.63, 3.8) is 0 Å². The first-order valence-corrected chi connectivity index (χ1v) is 9.41. The van der Waals surface area contributed by atoms with Crippen molar-refractivity contribution in [1.82, 2.24) is 30.4 Å². The maximum Gasteiger partial charge on any atom is 0.195 e. The summed E-state index contributed by atoms with van der Waals surface area (Å²) in [5.41, 5.74) is 7.61. The Balaban J connectivity index is 1.65. The SMILES string of the molecule is Cc1cc(NC2=CC(N3CCOCC3)=NC(N)([C@H](C)c3ncc(F)cn3)N2)n[nH]1. The van der Waals surface area contributed by atoms with E-state index in [1.807, 2.05) is 26.0 Å². The van der Waals surface area contributed by atoms with E-state index in [0.717, 1.165) is 23.9 Å². The zero-order valence-corrected chi connectivity index (χ0v) is 16.3. The van der Waals surface area contributed by atoms with E-state index >= 15 is 0 Å². The van der Waals surface area contributed by atoms with Crippen LogP contribution in [0.4, 0.5) is 10.2 Å². The molecule has 0 spiro atoms. The van der Waals surface area contributed by atoms with Crippen LogP contribution in [0.15, 0.2) is 35.3 Å². The molecule has 2 atom stereocenters. The Bertz CT molecular complexity index is 920. The fraction of sp³-hybridized carbons (Fsp3) is 0.444. The van der Waals surface area contributed by atoms with Crippen LogP contribution in [0.2, 0.25) is 0 Å². The lowest BCUT2D eigenvalue weighted by atomic mass is 10.0. The standard InChI is InChI=1S/C18H24FN9O/c1-11-7-15(27-26-11)23-14-8-16(28-3-5-29-6-4-28)25-18(20,24-14)12(2)17-21-9-13(19)10-22-17/h7-10,12,24H,3-6,20H2,1-2H3,(H2,23,26,27)/t12-,18?/m1/s1. The van der Waals surface area contributed by atoms with Crippen LogP contribution in [0.1, 0.15) is 24.4 Å². The van der Waals surface area contributed by atoms with Gasteiger partial charge in [-0.1, -0.05) is 0 Å². The Labute approximate surface area is 167 Å². The van der Waals surface area contributed by atoms with Crippen molar-refractivity contribution < 1.29 is 9.13 Å². The van der Waals surface area contributed by atoms with Gasteiger partial charge in [-0.05, 0) is 13.8 Å². The Morgan fingerprint density at radius 2 is 2.03 bits per heavy atom. The summed E-state index contributed by atoms with van der Waals surface area (Å²) in [5.74, 6) is 0.222. The van der Waals surface area contributed by atoms with Crippen LogP contribution in [-0.4, -0.2) is 63.0 Å². The Hall–Kier alpha value is -3.05. The minimum atomic E-state index is -1.24. The molecule has 11 heteroatoms. The third-order valence-electron chi connectivity index (χ3n) is 4.90. The number of ether oxygens (including phenoxy) is 1. The highest BCUT2D eigenvalue weighted by Crippen LogP contribution is 2.27. The smallest absolute Gasteiger partial charge is 0.195 e. The van der Waals surface area contributed by atoms with Crippen LogP contribution in [0.25, 0.3) is 0 Å². The van der Waals surface area contributed by atoms with E-state index < -0.39 is 17.5 Å². The maximum atomic E-state index is 13.3. The molecule has 2 aromatic heterocycles. The molecule has 0 aliphatic carbocycles. The Morgan fingerprint density at radius 1 is 1.31 bits per heavy atom. The molecular weight excluding hydrogens is 377 g/mol. The van der Waals surface area contributed by atoms with Crippen LogP contribution in [0.5, 0.6) is 0 Å². The van der Waals surface area contributed by atoms with Gasteiger partial charge in [0.05, 0.1) is 31.5 Å². The second-order valence-electron chi connectivity index (χ2n) is 7.12. The van der Waals surface area contributed by atoms with Gasteiger partial charge in [0.2, 0.25) is 0 Å². The molecular formula is C18H24FN9O. The van der Waals surface area contributed by atoms with Gasteiger partial charge in [-0.2, -0.15) is 5.10 Å². The molecule has 5 N–H and O–H groups in total. The number of anilines is 1. The lowest BCUT2D eigenvalue weighted by molar-refractivity contribution is 0.0675. The van der Waals surface area contributed by atoms with Gasteiger partial charge in [-0.25, -0.2) is 19.4 Å². The Kier molecular flexibility index (Phi) is 5.16. The van der Waals surface area contributed by atoms with Crippen molar-refractivity contribution in [3.05, 3.63) is 47.7 Å². The number of hydrogen-bond donors (Lipinski definition) is 4. The summed E-state index contributed by atoms with van der Waals surface area (Å²) < 4.78 is 18.7. The van der Waals surface area contributed by atoms with Crippen LogP contribution in [0, 0.1) is 12.7 Å². The number of hydrogen-bond acceptors (Lipinski definition) is 9. The van der Waals surface area contributed by atoms with Crippen LogP contribution < -0.4 is 16.4 Å². The average Bonchev–Trinajstić information content (AvgIpc) is 3.13. The number of aromatic nitrogens is 4. The number of nitrogens with zero attached hydrogens (tertiary/aromatic N) is 5. The third-order valence-corrected chi connectivity index (χ3v) is 4.90. The molecule has 1 fully saturated rings. The molecule has 0 aromatic carbocycles. The summed E-state index contributed by atoms with van der Waals surface area (Å²) in [6.45, 7) is 6.43. The zero-order valence-electron chi connectivity index (χ0n) is 16.3. The first kappa shape index (κ1) is 19.3. The predicted molar refractivity (Wildman–Crippen MR) is 105 cm³/mol. The van der Waals surface area contributed by atoms with Crippen molar-refractivity contribution in [2.75, 3.05) is 31.6 Å². The number of nitrogens with one attached hydrogen (secondary N) is 3. The Morgan fingerprint density at radius 3 is 2.69 bits per heavy atom. The molecule has 0 radical (unpaired) electrons. The predicted octanol–water partition coefficient (Wildman–Crippen LogP) is 0.651. The fourth-order valence-corrected chi connectivity index (χ4v) is 3.22. The van der Waals surface area contributed by atoms with E-state index in [4.69, 9.17) is 15.5 Å². The molecule has 0 amide bonds. The van der Waals surface area contributed by atoms with E-state index in [1.165, 1.54) is 0 Å². The number of morpholine rings is 1. The number of halogens is 1. The van der Waals surface area contributed by atoms with Gasteiger partial charge < -0.3 is 20.3 Å². The van der Waals surface area contributed by atoms with Crippen LogP contribution in [0.3, 0.4) is 0 Å². The number of aromatic amines is 1. The van der Waals surface area contributed by atoms with Crippen LogP contribution in [-0.2, 0) is 4.74 Å². The highest BCUT2D eigenvalue weighted by Gasteiger charge is 2.39. The molecule has 0 bridgehead atoms. The number of amidine groups is 1. The summed E-state index contributed by atoms with van der Waals surface area (Å²) in [7, 11) is 0. The molecule has 2 aliphatic rings. The third kappa shape index (κ3) is 4.20. The summed E-state index contributed by atoms with van der Waals surface area (Å²) in [5, 5.41) is 13.6. The average molecular weight is 401 g/mol.